The van der Waals surface area contributed by atoms with Crippen molar-refractivity contribution in [3.8, 4) is 5.75 Å². The third kappa shape index (κ3) is 5.97. The lowest BCUT2D eigenvalue weighted by molar-refractivity contribution is 0.0679. The Hall–Kier alpha value is -2.33. The highest BCUT2D eigenvalue weighted by Gasteiger charge is 2.22. The lowest BCUT2D eigenvalue weighted by atomic mass is 9.82. The van der Waals surface area contributed by atoms with Crippen LogP contribution in [0.3, 0.4) is 0 Å². The fraction of sp³-hybridized carbons (Fsp3) is 0.552. The molecule has 1 saturated heterocycles. The van der Waals surface area contributed by atoms with Crippen LogP contribution in [-0.2, 0) is 24.0 Å². The van der Waals surface area contributed by atoms with Crippen LogP contribution in [0.15, 0.2) is 42.5 Å². The molecule has 3 aliphatic rings. The van der Waals surface area contributed by atoms with Crippen LogP contribution in [0.1, 0.15) is 78.4 Å². The summed E-state index contributed by atoms with van der Waals surface area (Å²) in [7, 11) is 0. The van der Waals surface area contributed by atoms with Gasteiger partial charge in [-0.1, -0.05) is 50.3 Å². The summed E-state index contributed by atoms with van der Waals surface area (Å²) < 4.78 is 11.4. The Morgan fingerprint density at radius 2 is 1.79 bits per heavy atom. The monoisotopic (exact) mass is 447 g/mol. The van der Waals surface area contributed by atoms with Gasteiger partial charge in [0, 0.05) is 18.2 Å². The Labute approximate surface area is 198 Å². The molecule has 5 rings (SSSR count). The van der Waals surface area contributed by atoms with Crippen LogP contribution < -0.4 is 10.1 Å². The second-order valence-electron chi connectivity index (χ2n) is 10.2. The summed E-state index contributed by atoms with van der Waals surface area (Å²) >= 11 is 0. The number of rotatable bonds is 7. The van der Waals surface area contributed by atoms with Crippen LogP contribution in [0.2, 0.25) is 0 Å². The minimum atomic E-state index is 0.00282. The largest absolute Gasteiger partial charge is 0.491 e. The minimum Gasteiger partial charge on any atom is -0.491 e. The van der Waals surface area contributed by atoms with Gasteiger partial charge >= 0.3 is 0 Å². The van der Waals surface area contributed by atoms with Gasteiger partial charge in [-0.25, -0.2) is 0 Å². The first-order valence-corrected chi connectivity index (χ1v) is 13.0. The number of nitrogens with one attached hydrogen (secondary N) is 1. The van der Waals surface area contributed by atoms with E-state index >= 15 is 0 Å². The number of amides is 1. The van der Waals surface area contributed by atoms with Crippen molar-refractivity contribution in [1.29, 1.82) is 0 Å². The molecule has 1 heterocycles. The van der Waals surface area contributed by atoms with Crippen molar-refractivity contribution in [2.45, 2.75) is 82.8 Å². The molecule has 0 radical (unpaired) electrons. The van der Waals surface area contributed by atoms with E-state index in [-0.39, 0.29) is 18.1 Å². The number of fused-ring (bicyclic) bond motifs is 1. The van der Waals surface area contributed by atoms with Gasteiger partial charge in [-0.3, -0.25) is 4.79 Å². The summed E-state index contributed by atoms with van der Waals surface area (Å²) in [4.78, 5) is 12.8. The standard InChI is InChI=1S/C29H37NO3/c31-29(23-11-14-27(15-12-23)33-20-28-7-4-16-32-28)30-26-13-10-24-18-22(8-9-25(24)19-26)17-21-5-2-1-3-6-21/h8-9,11-12,14-15,18,21,26,28H,1-7,10,13,16-17,19-20H2,(H,30,31)/t26-,28-/m0/s1. The average Bonchev–Trinajstić information content (AvgIpc) is 3.38. The third-order valence-corrected chi connectivity index (χ3v) is 7.66. The zero-order valence-electron chi connectivity index (χ0n) is 19.7. The fourth-order valence-electron chi connectivity index (χ4n) is 5.72. The zero-order valence-corrected chi connectivity index (χ0v) is 19.7. The molecule has 0 spiro atoms. The maximum Gasteiger partial charge on any atom is 0.251 e. The van der Waals surface area contributed by atoms with E-state index < -0.39 is 0 Å². The molecule has 4 nitrogen and oxygen atoms in total. The summed E-state index contributed by atoms with van der Waals surface area (Å²) in [5, 5.41) is 3.25. The van der Waals surface area contributed by atoms with Crippen molar-refractivity contribution in [1.82, 2.24) is 5.32 Å². The molecule has 176 valence electrons. The molecule has 0 aromatic heterocycles. The Morgan fingerprint density at radius 3 is 2.58 bits per heavy atom. The van der Waals surface area contributed by atoms with Crippen molar-refractivity contribution < 1.29 is 14.3 Å². The first-order chi connectivity index (χ1) is 16.2. The molecule has 1 aliphatic heterocycles. The number of carbonyl (C=O) groups excluding carboxylic acids is 1. The molecule has 1 amide bonds. The van der Waals surface area contributed by atoms with E-state index in [0.717, 1.165) is 50.4 Å². The van der Waals surface area contributed by atoms with Crippen molar-refractivity contribution in [3.05, 3.63) is 64.7 Å². The van der Waals surface area contributed by atoms with E-state index in [9.17, 15) is 4.79 Å². The van der Waals surface area contributed by atoms with Gasteiger partial charge in [0.05, 0.1) is 6.10 Å². The van der Waals surface area contributed by atoms with Crippen LogP contribution in [0.4, 0.5) is 0 Å². The normalized spacial score (nSPS) is 23.2. The number of ether oxygens (including phenoxy) is 2. The first-order valence-electron chi connectivity index (χ1n) is 13.0. The molecule has 2 aromatic rings. The van der Waals surface area contributed by atoms with Crippen LogP contribution in [0.25, 0.3) is 0 Å². The van der Waals surface area contributed by atoms with Crippen LogP contribution in [-0.4, -0.2) is 31.3 Å². The van der Waals surface area contributed by atoms with Crippen molar-refractivity contribution >= 4 is 5.91 Å². The Bertz CT molecular complexity index is 926. The minimum absolute atomic E-state index is 0.00282. The summed E-state index contributed by atoms with van der Waals surface area (Å²) in [6.45, 7) is 1.41. The number of carbonyl (C=O) groups is 1. The lowest BCUT2D eigenvalue weighted by Gasteiger charge is -2.27. The summed E-state index contributed by atoms with van der Waals surface area (Å²) in [5.74, 6) is 1.67. The predicted molar refractivity (Wildman–Crippen MR) is 131 cm³/mol. The molecule has 1 saturated carbocycles. The van der Waals surface area contributed by atoms with Crippen LogP contribution in [0.5, 0.6) is 5.75 Å². The third-order valence-electron chi connectivity index (χ3n) is 7.66. The molecule has 2 fully saturated rings. The molecule has 2 atom stereocenters. The van der Waals surface area contributed by atoms with Gasteiger partial charge in [0.1, 0.15) is 12.4 Å². The van der Waals surface area contributed by atoms with E-state index in [4.69, 9.17) is 9.47 Å². The molecule has 33 heavy (non-hydrogen) atoms. The molecular weight excluding hydrogens is 410 g/mol. The van der Waals surface area contributed by atoms with Gasteiger partial charge in [-0.2, -0.15) is 0 Å². The molecular formula is C29H37NO3. The van der Waals surface area contributed by atoms with E-state index in [1.54, 1.807) is 0 Å². The highest BCUT2D eigenvalue weighted by Crippen LogP contribution is 2.29. The van der Waals surface area contributed by atoms with Crippen molar-refractivity contribution in [2.24, 2.45) is 5.92 Å². The summed E-state index contributed by atoms with van der Waals surface area (Å²) in [6, 6.07) is 14.8. The first kappa shape index (κ1) is 22.5. The molecule has 4 heteroatoms. The van der Waals surface area contributed by atoms with Gasteiger partial charge in [0.25, 0.3) is 5.91 Å². The second-order valence-corrected chi connectivity index (χ2v) is 10.2. The zero-order chi connectivity index (χ0) is 22.5. The van der Waals surface area contributed by atoms with Gasteiger partial charge in [-0.05, 0) is 85.4 Å². The van der Waals surface area contributed by atoms with Gasteiger partial charge in [-0.15, -0.1) is 0 Å². The van der Waals surface area contributed by atoms with Crippen molar-refractivity contribution in [3.63, 3.8) is 0 Å². The quantitative estimate of drug-likeness (QED) is 0.596. The maximum absolute atomic E-state index is 12.8. The summed E-state index contributed by atoms with van der Waals surface area (Å²) in [5.41, 5.74) is 5.08. The molecule has 2 aromatic carbocycles. The fourth-order valence-corrected chi connectivity index (χ4v) is 5.72. The smallest absolute Gasteiger partial charge is 0.251 e. The number of benzene rings is 2. The molecule has 2 aliphatic carbocycles. The van der Waals surface area contributed by atoms with E-state index in [1.165, 1.54) is 55.2 Å². The Balaban J connectivity index is 1.12. The average molecular weight is 448 g/mol. The molecule has 0 bridgehead atoms. The van der Waals surface area contributed by atoms with E-state index in [2.05, 4.69) is 23.5 Å². The number of hydrogen-bond donors (Lipinski definition) is 1. The van der Waals surface area contributed by atoms with E-state index in [0.29, 0.717) is 12.2 Å². The van der Waals surface area contributed by atoms with Gasteiger partial charge in [0.15, 0.2) is 0 Å². The molecule has 0 unspecified atom stereocenters. The Kier molecular flexibility index (Phi) is 7.30. The maximum atomic E-state index is 12.8. The van der Waals surface area contributed by atoms with Crippen LogP contribution >= 0.6 is 0 Å². The van der Waals surface area contributed by atoms with Gasteiger partial charge < -0.3 is 14.8 Å². The van der Waals surface area contributed by atoms with Crippen LogP contribution in [0, 0.1) is 5.92 Å². The SMILES string of the molecule is O=C(N[C@H]1CCc2cc(CC3CCCCC3)ccc2C1)c1ccc(OC[C@@H]2CCCO2)cc1. The molecule has 1 N–H and O–H groups in total. The van der Waals surface area contributed by atoms with Crippen molar-refractivity contribution in [2.75, 3.05) is 13.2 Å². The highest BCUT2D eigenvalue weighted by atomic mass is 16.5. The topological polar surface area (TPSA) is 47.6 Å². The predicted octanol–water partition coefficient (Wildman–Crippen LogP) is 5.65. The lowest BCUT2D eigenvalue weighted by Crippen LogP contribution is -2.38. The van der Waals surface area contributed by atoms with Gasteiger partial charge in [0.2, 0.25) is 0 Å². The van der Waals surface area contributed by atoms with E-state index in [1.807, 2.05) is 24.3 Å². The Morgan fingerprint density at radius 1 is 0.939 bits per heavy atom. The second kappa shape index (κ2) is 10.7. The number of hydrogen-bond acceptors (Lipinski definition) is 3. The highest BCUT2D eigenvalue weighted by molar-refractivity contribution is 5.94. The number of aryl methyl sites for hydroxylation is 1. The summed E-state index contributed by atoms with van der Waals surface area (Å²) in [6.07, 6.45) is 13.6.